The molecule has 0 radical (unpaired) electrons. The normalized spacial score (nSPS) is 10.8. The molecule has 0 spiro atoms. The van der Waals surface area contributed by atoms with Crippen molar-refractivity contribution in [1.82, 2.24) is 9.55 Å². The van der Waals surface area contributed by atoms with Gasteiger partial charge in [0, 0.05) is 24.5 Å². The highest BCUT2D eigenvalue weighted by Gasteiger charge is 2.10. The Morgan fingerprint density at radius 2 is 2.10 bits per heavy atom. The summed E-state index contributed by atoms with van der Waals surface area (Å²) in [6.07, 6.45) is 3.19. The molecular formula is C15H18N2O3. The molecule has 2 aromatic rings. The van der Waals surface area contributed by atoms with Crippen molar-refractivity contribution in [2.75, 3.05) is 0 Å². The van der Waals surface area contributed by atoms with Crippen molar-refractivity contribution >= 4 is 0 Å². The zero-order chi connectivity index (χ0) is 14.5. The maximum atomic E-state index is 12.2. The fourth-order valence-corrected chi connectivity index (χ4v) is 1.87. The molecule has 1 heterocycles. The minimum atomic E-state index is -0.269. The molecule has 0 saturated heterocycles. The molecule has 0 aliphatic carbocycles. The fourth-order valence-electron chi connectivity index (χ4n) is 1.87. The van der Waals surface area contributed by atoms with Gasteiger partial charge >= 0.3 is 5.56 Å². The summed E-state index contributed by atoms with van der Waals surface area (Å²) in [7, 11) is 0. The van der Waals surface area contributed by atoms with Gasteiger partial charge in [-0.2, -0.15) is 0 Å². The Balaban J connectivity index is 2.32. The van der Waals surface area contributed by atoms with E-state index in [1.165, 1.54) is 0 Å². The average Bonchev–Trinajstić information content (AvgIpc) is 2.43. The Morgan fingerprint density at radius 3 is 2.80 bits per heavy atom. The topological polar surface area (TPSA) is 64.3 Å². The van der Waals surface area contributed by atoms with Gasteiger partial charge in [0.2, 0.25) is 0 Å². The lowest BCUT2D eigenvalue weighted by atomic mass is 10.2. The van der Waals surface area contributed by atoms with Crippen molar-refractivity contribution in [2.45, 2.75) is 27.0 Å². The van der Waals surface area contributed by atoms with Crippen molar-refractivity contribution in [2.24, 2.45) is 5.92 Å². The van der Waals surface area contributed by atoms with Gasteiger partial charge in [-0.15, -0.1) is 0 Å². The first-order valence-corrected chi connectivity index (χ1v) is 6.54. The van der Waals surface area contributed by atoms with Gasteiger partial charge in [-0.05, 0) is 12.0 Å². The van der Waals surface area contributed by atoms with E-state index >= 15 is 0 Å². The third-order valence-corrected chi connectivity index (χ3v) is 2.79. The summed E-state index contributed by atoms with van der Waals surface area (Å²) in [5.74, 6) is 0.823. The van der Waals surface area contributed by atoms with Crippen LogP contribution in [-0.4, -0.2) is 14.7 Å². The second-order valence-corrected chi connectivity index (χ2v) is 4.95. The van der Waals surface area contributed by atoms with Gasteiger partial charge in [0.1, 0.15) is 5.75 Å². The van der Waals surface area contributed by atoms with Crippen LogP contribution in [0.3, 0.4) is 0 Å². The first-order chi connectivity index (χ1) is 9.61. The second-order valence-electron chi connectivity index (χ2n) is 4.95. The van der Waals surface area contributed by atoms with Crippen molar-refractivity contribution in [3.63, 3.8) is 0 Å². The van der Waals surface area contributed by atoms with Crippen LogP contribution in [-0.2, 0) is 13.2 Å². The molecule has 5 heteroatoms. The molecule has 2 rings (SSSR count). The number of aromatic nitrogens is 2. The molecule has 5 nitrogen and oxygen atoms in total. The van der Waals surface area contributed by atoms with Crippen LogP contribution >= 0.6 is 0 Å². The fraction of sp³-hybridized carbons (Fsp3) is 0.333. The molecule has 106 valence electrons. The number of nitrogens with zero attached hydrogens (tertiary/aromatic N) is 2. The smallest absolute Gasteiger partial charge is 0.313 e. The summed E-state index contributed by atoms with van der Waals surface area (Å²) >= 11 is 0. The first kappa shape index (κ1) is 14.3. The number of ether oxygens (including phenoxy) is 1. The predicted octanol–water partition coefficient (Wildman–Crippen LogP) is 2.18. The van der Waals surface area contributed by atoms with Gasteiger partial charge in [0.15, 0.2) is 0 Å². The zero-order valence-corrected chi connectivity index (χ0v) is 11.6. The van der Waals surface area contributed by atoms with Crippen molar-refractivity contribution in [1.29, 1.82) is 0 Å². The van der Waals surface area contributed by atoms with Crippen LogP contribution < -0.4 is 10.3 Å². The molecule has 1 aromatic heterocycles. The number of aliphatic hydroxyl groups excluding tert-OH is 1. The molecule has 0 unspecified atom stereocenters. The Kier molecular flexibility index (Phi) is 4.53. The number of hydrogen-bond donors (Lipinski definition) is 1. The van der Waals surface area contributed by atoms with Crippen LogP contribution in [0, 0.1) is 5.92 Å². The molecule has 1 N–H and O–H groups in total. The Bertz CT molecular complexity index is 635. The summed E-state index contributed by atoms with van der Waals surface area (Å²) in [6, 6.07) is 7.02. The van der Waals surface area contributed by atoms with Crippen LogP contribution in [0.4, 0.5) is 0 Å². The average molecular weight is 274 g/mol. The number of aliphatic hydroxyl groups is 1. The predicted molar refractivity (Wildman–Crippen MR) is 75.8 cm³/mol. The van der Waals surface area contributed by atoms with Gasteiger partial charge in [-0.1, -0.05) is 32.0 Å². The van der Waals surface area contributed by atoms with E-state index in [2.05, 4.69) is 4.98 Å². The Hall–Kier alpha value is -2.14. The summed E-state index contributed by atoms with van der Waals surface area (Å²) in [5, 5.41) is 9.26. The molecule has 0 aliphatic rings. The van der Waals surface area contributed by atoms with Crippen LogP contribution in [0.2, 0.25) is 0 Å². The Labute approximate surface area is 117 Å². The summed E-state index contributed by atoms with van der Waals surface area (Å²) < 4.78 is 7.13. The maximum absolute atomic E-state index is 12.2. The lowest BCUT2D eigenvalue weighted by molar-refractivity contribution is 0.275. The molecule has 0 atom stereocenters. The van der Waals surface area contributed by atoms with Gasteiger partial charge in [0.05, 0.1) is 6.61 Å². The minimum absolute atomic E-state index is 0.0223. The van der Waals surface area contributed by atoms with E-state index in [1.807, 2.05) is 13.8 Å². The Morgan fingerprint density at radius 1 is 1.35 bits per heavy atom. The molecule has 0 fully saturated rings. The summed E-state index contributed by atoms with van der Waals surface area (Å²) in [5.41, 5.74) is 0.349. The third-order valence-electron chi connectivity index (χ3n) is 2.79. The van der Waals surface area contributed by atoms with Gasteiger partial charge in [-0.25, -0.2) is 4.98 Å². The first-order valence-electron chi connectivity index (χ1n) is 6.54. The van der Waals surface area contributed by atoms with Crippen molar-refractivity contribution in [3.05, 3.63) is 52.6 Å². The number of hydrogen-bond acceptors (Lipinski definition) is 4. The highest BCUT2D eigenvalue weighted by Crippen LogP contribution is 2.21. The second kappa shape index (κ2) is 6.34. The van der Waals surface area contributed by atoms with E-state index in [1.54, 1.807) is 41.2 Å². The van der Waals surface area contributed by atoms with E-state index < -0.39 is 0 Å². The van der Waals surface area contributed by atoms with E-state index in [0.29, 0.717) is 23.8 Å². The van der Waals surface area contributed by atoms with E-state index in [9.17, 15) is 9.90 Å². The van der Waals surface area contributed by atoms with E-state index in [4.69, 9.17) is 4.74 Å². The van der Waals surface area contributed by atoms with E-state index in [0.717, 1.165) is 0 Å². The minimum Gasteiger partial charge on any atom is -0.434 e. The van der Waals surface area contributed by atoms with Crippen LogP contribution in [0.1, 0.15) is 19.4 Å². The lowest BCUT2D eigenvalue weighted by Crippen LogP contribution is -2.23. The van der Waals surface area contributed by atoms with Gasteiger partial charge in [0.25, 0.3) is 5.88 Å². The SMILES string of the molecule is CC(C)Cn1ccnc(Oc2ccccc2CO)c1=O. The maximum Gasteiger partial charge on any atom is 0.313 e. The van der Waals surface area contributed by atoms with Gasteiger partial charge in [-0.3, -0.25) is 4.79 Å². The summed E-state index contributed by atoms with van der Waals surface area (Å²) in [4.78, 5) is 16.2. The number of benzene rings is 1. The van der Waals surface area contributed by atoms with Crippen LogP contribution in [0.25, 0.3) is 0 Å². The zero-order valence-electron chi connectivity index (χ0n) is 11.6. The van der Waals surface area contributed by atoms with Crippen molar-refractivity contribution < 1.29 is 9.84 Å². The van der Waals surface area contributed by atoms with E-state index in [-0.39, 0.29) is 18.0 Å². The molecule has 1 aromatic carbocycles. The van der Waals surface area contributed by atoms with Crippen LogP contribution in [0.15, 0.2) is 41.5 Å². The molecule has 0 aliphatic heterocycles. The molecule has 0 amide bonds. The quantitative estimate of drug-likeness (QED) is 0.907. The number of para-hydroxylation sites is 1. The highest BCUT2D eigenvalue weighted by atomic mass is 16.5. The molecular weight excluding hydrogens is 256 g/mol. The number of rotatable bonds is 5. The molecule has 0 bridgehead atoms. The van der Waals surface area contributed by atoms with Crippen LogP contribution in [0.5, 0.6) is 11.6 Å². The largest absolute Gasteiger partial charge is 0.434 e. The molecule has 0 saturated carbocycles. The standard InChI is InChI=1S/C15H18N2O3/c1-11(2)9-17-8-7-16-14(15(17)19)20-13-6-4-3-5-12(13)10-18/h3-8,11,18H,9-10H2,1-2H3. The van der Waals surface area contributed by atoms with Gasteiger partial charge < -0.3 is 14.4 Å². The van der Waals surface area contributed by atoms with Crippen molar-refractivity contribution in [3.8, 4) is 11.6 Å². The lowest BCUT2D eigenvalue weighted by Gasteiger charge is -2.11. The molecule has 20 heavy (non-hydrogen) atoms. The third kappa shape index (κ3) is 3.24. The summed E-state index contributed by atoms with van der Waals surface area (Å²) in [6.45, 7) is 4.53. The highest BCUT2D eigenvalue weighted by molar-refractivity contribution is 5.35. The monoisotopic (exact) mass is 274 g/mol.